The van der Waals surface area contributed by atoms with Gasteiger partial charge in [-0.2, -0.15) is 0 Å². The smallest absolute Gasteiger partial charge is 0.413 e. The average molecular weight is 532 g/mol. The van der Waals surface area contributed by atoms with Gasteiger partial charge in [-0.05, 0) is 68.6 Å². The molecule has 4 N–H and O–H groups in total. The number of amides is 1. The fourth-order valence-electron chi connectivity index (χ4n) is 4.69. The lowest BCUT2D eigenvalue weighted by Gasteiger charge is -2.33. The molecule has 1 fully saturated rings. The SMILES string of the molecule is C=C(N=C/C(=C\N)c1cc(-c2ccccn2)c2nc(NC(=O)OCC)[nH]c2c1)OC1CCCN(CC(C)C)C1. The van der Waals surface area contributed by atoms with Crippen LogP contribution in [0.15, 0.2) is 60.2 Å². The van der Waals surface area contributed by atoms with Gasteiger partial charge in [-0.3, -0.25) is 15.2 Å². The first kappa shape index (κ1) is 27.8. The van der Waals surface area contributed by atoms with Crippen molar-refractivity contribution in [3.8, 4) is 11.3 Å². The number of aromatic amines is 1. The van der Waals surface area contributed by atoms with Crippen LogP contribution in [0.25, 0.3) is 27.9 Å². The van der Waals surface area contributed by atoms with Crippen LogP contribution in [0.4, 0.5) is 10.7 Å². The first-order valence-corrected chi connectivity index (χ1v) is 13.3. The second kappa shape index (κ2) is 13.1. The molecule has 0 bridgehead atoms. The first-order valence-electron chi connectivity index (χ1n) is 13.3. The number of aromatic nitrogens is 3. The van der Waals surface area contributed by atoms with Crippen molar-refractivity contribution in [3.05, 3.63) is 60.8 Å². The van der Waals surface area contributed by atoms with Gasteiger partial charge in [-0.1, -0.05) is 19.9 Å². The van der Waals surface area contributed by atoms with E-state index >= 15 is 0 Å². The highest BCUT2D eigenvalue weighted by molar-refractivity contribution is 6.12. The van der Waals surface area contributed by atoms with Crippen LogP contribution in [0.1, 0.15) is 39.2 Å². The molecule has 1 saturated heterocycles. The Hall–Kier alpha value is -4.18. The molecular formula is C29H37N7O3. The van der Waals surface area contributed by atoms with Crippen LogP contribution in [-0.4, -0.2) is 64.5 Å². The van der Waals surface area contributed by atoms with Crippen molar-refractivity contribution in [2.75, 3.05) is 31.6 Å². The van der Waals surface area contributed by atoms with Gasteiger partial charge in [0.1, 0.15) is 6.10 Å². The molecule has 1 aromatic carbocycles. The molecule has 1 aliphatic heterocycles. The summed E-state index contributed by atoms with van der Waals surface area (Å²) in [6.07, 6.45) is 6.40. The molecule has 4 rings (SSSR count). The molecule has 10 nitrogen and oxygen atoms in total. The van der Waals surface area contributed by atoms with Crippen LogP contribution in [-0.2, 0) is 9.47 Å². The fourth-order valence-corrected chi connectivity index (χ4v) is 4.69. The minimum atomic E-state index is -0.588. The molecule has 0 radical (unpaired) electrons. The van der Waals surface area contributed by atoms with Gasteiger partial charge in [0.15, 0.2) is 0 Å². The van der Waals surface area contributed by atoms with Crippen molar-refractivity contribution in [1.29, 1.82) is 0 Å². The van der Waals surface area contributed by atoms with Gasteiger partial charge in [-0.25, -0.2) is 14.8 Å². The average Bonchev–Trinajstić information content (AvgIpc) is 3.31. The molecule has 0 aliphatic carbocycles. The van der Waals surface area contributed by atoms with Crippen molar-refractivity contribution >= 4 is 34.9 Å². The topological polar surface area (TPSA) is 131 Å². The van der Waals surface area contributed by atoms with E-state index in [0.29, 0.717) is 28.4 Å². The summed E-state index contributed by atoms with van der Waals surface area (Å²) in [5, 5.41) is 2.62. The lowest BCUT2D eigenvalue weighted by Crippen LogP contribution is -2.41. The van der Waals surface area contributed by atoms with E-state index in [2.05, 4.69) is 50.6 Å². The molecule has 206 valence electrons. The van der Waals surface area contributed by atoms with E-state index in [1.165, 1.54) is 6.20 Å². The number of piperidine rings is 1. The lowest BCUT2D eigenvalue weighted by atomic mass is 10.0. The van der Waals surface area contributed by atoms with Gasteiger partial charge in [-0.15, -0.1) is 0 Å². The van der Waals surface area contributed by atoms with Crippen molar-refractivity contribution in [1.82, 2.24) is 19.9 Å². The third-order valence-corrected chi connectivity index (χ3v) is 6.27. The second-order valence-electron chi connectivity index (χ2n) is 9.88. The number of nitrogens with two attached hydrogens (primary N) is 1. The maximum absolute atomic E-state index is 12.0. The Labute approximate surface area is 229 Å². The van der Waals surface area contributed by atoms with E-state index in [-0.39, 0.29) is 18.7 Å². The Kier molecular flexibility index (Phi) is 9.32. The Balaban J connectivity index is 1.56. The highest BCUT2D eigenvalue weighted by Gasteiger charge is 2.22. The van der Waals surface area contributed by atoms with Crippen LogP contribution in [0.3, 0.4) is 0 Å². The van der Waals surface area contributed by atoms with E-state index < -0.39 is 6.09 Å². The maximum Gasteiger partial charge on any atom is 0.413 e. The van der Waals surface area contributed by atoms with Crippen LogP contribution in [0.5, 0.6) is 0 Å². The van der Waals surface area contributed by atoms with Crippen LogP contribution >= 0.6 is 0 Å². The Morgan fingerprint density at radius 3 is 2.95 bits per heavy atom. The Bertz CT molecular complexity index is 1350. The number of hydrogen-bond donors (Lipinski definition) is 3. The molecule has 3 heterocycles. The molecule has 1 amide bonds. The van der Waals surface area contributed by atoms with E-state index in [9.17, 15) is 4.79 Å². The largest absolute Gasteiger partial charge is 0.473 e. The number of nitrogens with zero attached hydrogens (tertiary/aromatic N) is 4. The van der Waals surface area contributed by atoms with Gasteiger partial charge in [0.05, 0.1) is 23.3 Å². The number of aliphatic imine (C=N–C) groups is 1. The van der Waals surface area contributed by atoms with E-state index in [4.69, 9.17) is 15.2 Å². The van der Waals surface area contributed by atoms with E-state index in [1.54, 1.807) is 19.3 Å². The minimum Gasteiger partial charge on any atom is -0.473 e. The van der Waals surface area contributed by atoms with Gasteiger partial charge in [0.25, 0.3) is 0 Å². The minimum absolute atomic E-state index is 0.0647. The Morgan fingerprint density at radius 2 is 2.23 bits per heavy atom. The number of imidazole rings is 1. The van der Waals surface area contributed by atoms with Crippen LogP contribution in [0, 0.1) is 5.92 Å². The van der Waals surface area contributed by atoms with Crippen molar-refractivity contribution in [2.24, 2.45) is 16.6 Å². The molecule has 0 saturated carbocycles. The molecule has 1 atom stereocenters. The standard InChI is InChI=1S/C29H37N7O3/c1-5-38-29(37)35-28-33-26-14-21(13-24(27(26)34-28)25-10-6-7-11-31-25)22(15-30)16-32-20(4)39-23-9-8-12-36(18-23)17-19(2)3/h6-7,10-11,13-16,19,23H,4-5,8-9,12,17-18,30H2,1-3H3,(H2,33,34,35,37)/b22-15+,32-16?. The molecule has 0 spiro atoms. The molecular weight excluding hydrogens is 494 g/mol. The highest BCUT2D eigenvalue weighted by atomic mass is 16.5. The summed E-state index contributed by atoms with van der Waals surface area (Å²) in [5.41, 5.74) is 10.3. The number of nitrogens with one attached hydrogen (secondary N) is 2. The Morgan fingerprint density at radius 1 is 1.38 bits per heavy atom. The van der Waals surface area contributed by atoms with Gasteiger partial charge >= 0.3 is 6.09 Å². The number of pyridine rings is 1. The molecule has 39 heavy (non-hydrogen) atoms. The number of benzene rings is 1. The van der Waals surface area contributed by atoms with Crippen LogP contribution < -0.4 is 11.1 Å². The number of likely N-dealkylation sites (tertiary alicyclic amines) is 1. The third kappa shape index (κ3) is 7.44. The quantitative estimate of drug-likeness (QED) is 0.243. The number of anilines is 1. The number of H-pyrrole nitrogens is 1. The zero-order valence-corrected chi connectivity index (χ0v) is 22.8. The van der Waals surface area contributed by atoms with Gasteiger partial charge < -0.3 is 20.2 Å². The predicted molar refractivity (Wildman–Crippen MR) is 155 cm³/mol. The second-order valence-corrected chi connectivity index (χ2v) is 9.88. The number of hydrogen-bond acceptors (Lipinski definition) is 8. The van der Waals surface area contributed by atoms with Crippen LogP contribution in [0.2, 0.25) is 0 Å². The van der Waals surface area contributed by atoms with Gasteiger partial charge in [0, 0.05) is 42.8 Å². The van der Waals surface area contributed by atoms with Crippen molar-refractivity contribution in [3.63, 3.8) is 0 Å². The number of fused-ring (bicyclic) bond motifs is 1. The van der Waals surface area contributed by atoms with E-state index in [1.807, 2.05) is 30.3 Å². The summed E-state index contributed by atoms with van der Waals surface area (Å²) >= 11 is 0. The monoisotopic (exact) mass is 531 g/mol. The van der Waals surface area contributed by atoms with Gasteiger partial charge in [0.2, 0.25) is 11.8 Å². The number of rotatable bonds is 10. The summed E-state index contributed by atoms with van der Waals surface area (Å²) in [6, 6.07) is 9.49. The maximum atomic E-state index is 12.0. The molecule has 10 heteroatoms. The summed E-state index contributed by atoms with van der Waals surface area (Å²) < 4.78 is 11.1. The summed E-state index contributed by atoms with van der Waals surface area (Å²) in [7, 11) is 0. The van der Waals surface area contributed by atoms with Crippen molar-refractivity contribution in [2.45, 2.75) is 39.7 Å². The fraction of sp³-hybridized carbons (Fsp3) is 0.379. The molecule has 1 unspecified atom stereocenters. The molecule has 3 aromatic rings. The highest BCUT2D eigenvalue weighted by Crippen LogP contribution is 2.31. The number of carbonyl (C=O) groups is 1. The predicted octanol–water partition coefficient (Wildman–Crippen LogP) is 5.17. The zero-order chi connectivity index (χ0) is 27.8. The molecule has 1 aliphatic rings. The summed E-state index contributed by atoms with van der Waals surface area (Å²) in [6.45, 7) is 13.5. The summed E-state index contributed by atoms with van der Waals surface area (Å²) in [4.78, 5) is 31.1. The lowest BCUT2D eigenvalue weighted by molar-refractivity contribution is 0.0360. The zero-order valence-electron chi connectivity index (χ0n) is 22.8. The number of ether oxygens (including phenoxy) is 2. The normalized spacial score (nSPS) is 16.6. The van der Waals surface area contributed by atoms with Crippen molar-refractivity contribution < 1.29 is 14.3 Å². The van der Waals surface area contributed by atoms with E-state index in [0.717, 1.165) is 49.3 Å². The first-order chi connectivity index (χ1) is 18.9. The number of allylic oxidation sites excluding steroid dienone is 1. The molecule has 2 aromatic heterocycles. The third-order valence-electron chi connectivity index (χ3n) is 6.27. The number of carbonyl (C=O) groups excluding carboxylic acids is 1. The summed E-state index contributed by atoms with van der Waals surface area (Å²) in [5.74, 6) is 1.23.